The van der Waals surface area contributed by atoms with E-state index < -0.39 is 4.92 Å². The first-order chi connectivity index (χ1) is 9.16. The second-order valence-corrected chi connectivity index (χ2v) is 4.91. The second kappa shape index (κ2) is 8.51. The minimum absolute atomic E-state index is 0.131. The number of para-hydroxylation sites is 1. The van der Waals surface area contributed by atoms with E-state index in [-0.39, 0.29) is 11.4 Å². The lowest BCUT2D eigenvalue weighted by molar-refractivity contribution is -0.386. The lowest BCUT2D eigenvalue weighted by Gasteiger charge is -2.04. The van der Waals surface area contributed by atoms with Gasteiger partial charge in [0, 0.05) is 5.56 Å². The van der Waals surface area contributed by atoms with Crippen LogP contribution in [0.3, 0.4) is 0 Å². The highest BCUT2D eigenvalue weighted by Crippen LogP contribution is 2.30. The number of nitro benzene ring substituents is 1. The Morgan fingerprint density at radius 1 is 1.11 bits per heavy atom. The molecule has 0 spiro atoms. The predicted octanol–water partition coefficient (Wildman–Crippen LogP) is 4.59. The Bertz CT molecular complexity index is 404. The van der Waals surface area contributed by atoms with E-state index in [0.29, 0.717) is 12.0 Å². The van der Waals surface area contributed by atoms with Crippen molar-refractivity contribution in [2.24, 2.45) is 0 Å². The Morgan fingerprint density at radius 2 is 1.74 bits per heavy atom. The van der Waals surface area contributed by atoms with Gasteiger partial charge in [-0.05, 0) is 18.9 Å². The number of unbranched alkanes of at least 4 members (excludes halogenated alkanes) is 6. The van der Waals surface area contributed by atoms with Gasteiger partial charge in [-0.25, -0.2) is 0 Å². The van der Waals surface area contributed by atoms with Gasteiger partial charge < -0.3 is 5.11 Å². The van der Waals surface area contributed by atoms with E-state index in [0.717, 1.165) is 12.8 Å². The van der Waals surface area contributed by atoms with E-state index in [9.17, 15) is 15.2 Å². The second-order valence-electron chi connectivity index (χ2n) is 4.91. The Labute approximate surface area is 114 Å². The van der Waals surface area contributed by atoms with E-state index in [1.807, 2.05) is 0 Å². The van der Waals surface area contributed by atoms with Gasteiger partial charge in [-0.3, -0.25) is 10.1 Å². The molecule has 0 aliphatic heterocycles. The number of aromatic hydroxyl groups is 1. The van der Waals surface area contributed by atoms with Gasteiger partial charge in [0.15, 0.2) is 5.75 Å². The summed E-state index contributed by atoms with van der Waals surface area (Å²) in [5.41, 5.74) is 0.507. The molecule has 0 heterocycles. The molecule has 0 atom stereocenters. The summed E-state index contributed by atoms with van der Waals surface area (Å²) in [5, 5.41) is 20.4. The van der Waals surface area contributed by atoms with E-state index in [1.54, 1.807) is 12.1 Å². The first-order valence-electron chi connectivity index (χ1n) is 7.12. The zero-order valence-electron chi connectivity index (χ0n) is 11.6. The molecule has 0 aliphatic carbocycles. The monoisotopic (exact) mass is 265 g/mol. The van der Waals surface area contributed by atoms with E-state index >= 15 is 0 Å². The number of nitrogens with zero attached hydrogens (tertiary/aromatic N) is 1. The third kappa shape index (κ3) is 5.28. The molecule has 0 amide bonds. The fraction of sp³-hybridized carbons (Fsp3) is 0.600. The van der Waals surface area contributed by atoms with Gasteiger partial charge in [0.25, 0.3) is 0 Å². The highest BCUT2D eigenvalue weighted by molar-refractivity contribution is 5.51. The van der Waals surface area contributed by atoms with Crippen LogP contribution in [0.4, 0.5) is 5.69 Å². The smallest absolute Gasteiger partial charge is 0.313 e. The molecule has 106 valence electrons. The Morgan fingerprint density at radius 3 is 2.37 bits per heavy atom. The number of nitro groups is 1. The van der Waals surface area contributed by atoms with E-state index in [4.69, 9.17) is 0 Å². The molecular formula is C15H23NO3. The summed E-state index contributed by atoms with van der Waals surface area (Å²) in [7, 11) is 0. The number of phenols is 1. The molecule has 0 unspecified atom stereocenters. The molecule has 0 saturated carbocycles. The molecule has 1 aromatic carbocycles. The predicted molar refractivity (Wildman–Crippen MR) is 76.5 cm³/mol. The minimum atomic E-state index is -0.494. The van der Waals surface area contributed by atoms with Crippen LogP contribution in [0.2, 0.25) is 0 Å². The topological polar surface area (TPSA) is 63.4 Å². The summed E-state index contributed by atoms with van der Waals surface area (Å²) in [4.78, 5) is 10.4. The van der Waals surface area contributed by atoms with Crippen LogP contribution in [0.5, 0.6) is 5.75 Å². The third-order valence-electron chi connectivity index (χ3n) is 3.33. The van der Waals surface area contributed by atoms with Gasteiger partial charge in [0.2, 0.25) is 0 Å². The number of phenolic OH excluding ortho intramolecular Hbond substituents is 1. The van der Waals surface area contributed by atoms with Crippen molar-refractivity contribution in [3.05, 3.63) is 33.9 Å². The molecule has 19 heavy (non-hydrogen) atoms. The van der Waals surface area contributed by atoms with Gasteiger partial charge in [-0.2, -0.15) is 0 Å². The number of hydrogen-bond donors (Lipinski definition) is 1. The lowest BCUT2D eigenvalue weighted by atomic mass is 10.0. The van der Waals surface area contributed by atoms with E-state index in [1.165, 1.54) is 38.2 Å². The maximum atomic E-state index is 10.9. The van der Waals surface area contributed by atoms with Gasteiger partial charge >= 0.3 is 5.69 Å². The first kappa shape index (κ1) is 15.5. The van der Waals surface area contributed by atoms with Crippen LogP contribution in [0, 0.1) is 10.1 Å². The summed E-state index contributed by atoms with van der Waals surface area (Å²) in [6.45, 7) is 2.20. The first-order valence-corrected chi connectivity index (χ1v) is 7.12. The normalized spacial score (nSPS) is 10.6. The molecule has 1 aromatic rings. The van der Waals surface area contributed by atoms with Crippen molar-refractivity contribution in [1.82, 2.24) is 0 Å². The average molecular weight is 265 g/mol. The number of rotatable bonds is 9. The van der Waals surface area contributed by atoms with Crippen LogP contribution in [0.25, 0.3) is 0 Å². The van der Waals surface area contributed by atoms with E-state index in [2.05, 4.69) is 6.92 Å². The van der Waals surface area contributed by atoms with Crippen molar-refractivity contribution < 1.29 is 10.0 Å². The summed E-state index contributed by atoms with van der Waals surface area (Å²) in [5.74, 6) is -0.231. The van der Waals surface area contributed by atoms with Gasteiger partial charge in [0.1, 0.15) is 0 Å². The van der Waals surface area contributed by atoms with Gasteiger partial charge in [-0.15, -0.1) is 0 Å². The molecule has 0 aliphatic rings. The quantitative estimate of drug-likeness (QED) is 0.403. The Hall–Kier alpha value is -1.58. The van der Waals surface area contributed by atoms with Gasteiger partial charge in [0.05, 0.1) is 4.92 Å². The molecule has 0 aromatic heterocycles. The van der Waals surface area contributed by atoms with Crippen LogP contribution >= 0.6 is 0 Å². The highest BCUT2D eigenvalue weighted by atomic mass is 16.6. The van der Waals surface area contributed by atoms with Crippen LogP contribution in [-0.4, -0.2) is 10.0 Å². The summed E-state index contributed by atoms with van der Waals surface area (Å²) in [6, 6.07) is 4.76. The lowest BCUT2D eigenvalue weighted by Crippen LogP contribution is -1.96. The molecule has 0 saturated heterocycles. The molecule has 1 rings (SSSR count). The summed E-state index contributed by atoms with van der Waals surface area (Å²) < 4.78 is 0. The van der Waals surface area contributed by atoms with Crippen LogP contribution in [0.1, 0.15) is 57.4 Å². The van der Waals surface area contributed by atoms with Crippen LogP contribution < -0.4 is 0 Å². The maximum Gasteiger partial charge on any atom is 0.313 e. The molecule has 4 nitrogen and oxygen atoms in total. The largest absolute Gasteiger partial charge is 0.502 e. The average Bonchev–Trinajstić information content (AvgIpc) is 2.37. The van der Waals surface area contributed by atoms with Crippen molar-refractivity contribution in [3.8, 4) is 5.75 Å². The summed E-state index contributed by atoms with van der Waals surface area (Å²) >= 11 is 0. The fourth-order valence-corrected chi connectivity index (χ4v) is 2.26. The molecule has 0 bridgehead atoms. The summed E-state index contributed by atoms with van der Waals surface area (Å²) in [6.07, 6.45) is 8.95. The number of benzene rings is 1. The number of aryl methyl sites for hydroxylation is 1. The zero-order chi connectivity index (χ0) is 14.1. The molecule has 4 heteroatoms. The molecule has 0 radical (unpaired) electrons. The minimum Gasteiger partial charge on any atom is -0.502 e. The zero-order valence-corrected chi connectivity index (χ0v) is 11.6. The van der Waals surface area contributed by atoms with Crippen molar-refractivity contribution in [1.29, 1.82) is 0 Å². The van der Waals surface area contributed by atoms with Crippen molar-refractivity contribution in [2.75, 3.05) is 0 Å². The molecule has 1 N–H and O–H groups in total. The SMILES string of the molecule is CCCCCCCCCc1cccc(O)c1[N+](=O)[O-]. The maximum absolute atomic E-state index is 10.9. The third-order valence-corrected chi connectivity index (χ3v) is 3.33. The standard InChI is InChI=1S/C15H23NO3/c1-2-3-4-5-6-7-8-10-13-11-9-12-14(17)15(13)16(18)19/h9,11-12,17H,2-8,10H2,1H3. The molecular weight excluding hydrogens is 242 g/mol. The Balaban J connectivity index is 2.37. The fourth-order valence-electron chi connectivity index (χ4n) is 2.26. The highest BCUT2D eigenvalue weighted by Gasteiger charge is 2.18. The van der Waals surface area contributed by atoms with Crippen molar-refractivity contribution in [2.45, 2.75) is 58.3 Å². The van der Waals surface area contributed by atoms with Crippen molar-refractivity contribution in [3.63, 3.8) is 0 Å². The van der Waals surface area contributed by atoms with Crippen LogP contribution in [0.15, 0.2) is 18.2 Å². The number of hydrogen-bond acceptors (Lipinski definition) is 3. The van der Waals surface area contributed by atoms with Crippen molar-refractivity contribution >= 4 is 5.69 Å². The van der Waals surface area contributed by atoms with Gasteiger partial charge in [-0.1, -0.05) is 57.6 Å². The molecule has 0 fully saturated rings. The van der Waals surface area contributed by atoms with Crippen LogP contribution in [-0.2, 0) is 6.42 Å². The Kier molecular flexibility index (Phi) is 6.93.